The first-order valence-corrected chi connectivity index (χ1v) is 6.13. The Morgan fingerprint density at radius 2 is 1.89 bits per heavy atom. The predicted octanol–water partition coefficient (Wildman–Crippen LogP) is 3.74. The number of hydrogen-bond donors (Lipinski definition) is 1. The number of nitrogens with one attached hydrogen (secondary N) is 1. The molecule has 1 atom stereocenters. The van der Waals surface area contributed by atoms with Crippen LogP contribution in [-0.4, -0.2) is 7.11 Å². The van der Waals surface area contributed by atoms with Gasteiger partial charge in [0.05, 0.1) is 18.7 Å². The van der Waals surface area contributed by atoms with Crippen LogP contribution in [-0.2, 0) is 0 Å². The lowest BCUT2D eigenvalue weighted by Gasteiger charge is -2.16. The van der Waals surface area contributed by atoms with Crippen LogP contribution < -0.4 is 10.1 Å². The zero-order valence-electron chi connectivity index (χ0n) is 11.1. The molecule has 0 bridgehead atoms. The minimum atomic E-state index is 0.167. The van der Waals surface area contributed by atoms with Crippen LogP contribution in [0.15, 0.2) is 48.5 Å². The lowest BCUT2D eigenvalue weighted by Crippen LogP contribution is -2.06. The molecular weight excluding hydrogens is 236 g/mol. The van der Waals surface area contributed by atoms with Crippen molar-refractivity contribution in [1.82, 2.24) is 0 Å². The second-order valence-corrected chi connectivity index (χ2v) is 4.33. The number of hydrogen-bond acceptors (Lipinski definition) is 3. The van der Waals surface area contributed by atoms with Gasteiger partial charge in [-0.1, -0.05) is 18.2 Å². The molecule has 0 saturated heterocycles. The largest absolute Gasteiger partial charge is 0.497 e. The minimum Gasteiger partial charge on any atom is -0.497 e. The van der Waals surface area contributed by atoms with Gasteiger partial charge in [0, 0.05) is 17.8 Å². The normalized spacial score (nSPS) is 11.4. The monoisotopic (exact) mass is 252 g/mol. The maximum atomic E-state index is 8.78. The van der Waals surface area contributed by atoms with E-state index in [0.29, 0.717) is 5.56 Å². The van der Waals surface area contributed by atoms with Crippen molar-refractivity contribution in [2.75, 3.05) is 12.4 Å². The highest BCUT2D eigenvalue weighted by Crippen LogP contribution is 2.22. The van der Waals surface area contributed by atoms with Crippen molar-refractivity contribution in [3.8, 4) is 11.8 Å². The van der Waals surface area contributed by atoms with Crippen molar-refractivity contribution < 1.29 is 4.74 Å². The van der Waals surface area contributed by atoms with Crippen LogP contribution >= 0.6 is 0 Å². The number of benzene rings is 2. The molecule has 0 saturated carbocycles. The van der Waals surface area contributed by atoms with E-state index in [1.165, 1.54) is 0 Å². The Morgan fingerprint density at radius 1 is 1.16 bits per heavy atom. The van der Waals surface area contributed by atoms with Crippen LogP contribution in [0.5, 0.6) is 5.75 Å². The van der Waals surface area contributed by atoms with Crippen LogP contribution in [0.3, 0.4) is 0 Å². The van der Waals surface area contributed by atoms with Crippen LogP contribution in [0.25, 0.3) is 0 Å². The van der Waals surface area contributed by atoms with E-state index in [0.717, 1.165) is 17.0 Å². The second kappa shape index (κ2) is 5.92. The van der Waals surface area contributed by atoms with Crippen LogP contribution in [0.1, 0.15) is 24.1 Å². The van der Waals surface area contributed by atoms with Gasteiger partial charge in [-0.05, 0) is 36.8 Å². The summed E-state index contributed by atoms with van der Waals surface area (Å²) in [5, 5.41) is 12.2. The Bertz CT molecular complexity index is 584. The predicted molar refractivity (Wildman–Crippen MR) is 76.2 cm³/mol. The molecule has 0 heterocycles. The van der Waals surface area contributed by atoms with Crippen LogP contribution in [0.2, 0.25) is 0 Å². The Labute approximate surface area is 113 Å². The Balaban J connectivity index is 2.11. The summed E-state index contributed by atoms with van der Waals surface area (Å²) in [6.07, 6.45) is 0. The molecule has 0 radical (unpaired) electrons. The lowest BCUT2D eigenvalue weighted by atomic mass is 10.1. The molecule has 19 heavy (non-hydrogen) atoms. The molecule has 1 unspecified atom stereocenters. The SMILES string of the molecule is COc1cccc(NC(C)c2ccc(C#N)cc2)c1. The van der Waals surface area contributed by atoms with Crippen molar-refractivity contribution in [2.45, 2.75) is 13.0 Å². The van der Waals surface area contributed by atoms with E-state index >= 15 is 0 Å². The summed E-state index contributed by atoms with van der Waals surface area (Å²) in [5.74, 6) is 0.831. The average Bonchev–Trinajstić information content (AvgIpc) is 2.47. The van der Waals surface area contributed by atoms with Gasteiger partial charge in [-0.25, -0.2) is 0 Å². The first-order chi connectivity index (χ1) is 9.22. The molecule has 3 nitrogen and oxygen atoms in total. The van der Waals surface area contributed by atoms with Crippen molar-refractivity contribution in [3.63, 3.8) is 0 Å². The van der Waals surface area contributed by atoms with Crippen molar-refractivity contribution >= 4 is 5.69 Å². The quantitative estimate of drug-likeness (QED) is 0.901. The standard InChI is InChI=1S/C16H16N2O/c1-12(14-8-6-13(11-17)7-9-14)18-15-4-3-5-16(10-15)19-2/h3-10,12,18H,1-2H3. The van der Waals surface area contributed by atoms with Gasteiger partial charge in [-0.3, -0.25) is 0 Å². The molecule has 0 amide bonds. The maximum absolute atomic E-state index is 8.78. The summed E-state index contributed by atoms with van der Waals surface area (Å²) < 4.78 is 5.20. The Kier molecular flexibility index (Phi) is 4.04. The average molecular weight is 252 g/mol. The molecule has 0 aromatic heterocycles. The summed E-state index contributed by atoms with van der Waals surface area (Å²) in [6, 6.07) is 17.7. The highest BCUT2D eigenvalue weighted by molar-refractivity contribution is 5.50. The number of nitrogens with zero attached hydrogens (tertiary/aromatic N) is 1. The summed E-state index contributed by atoms with van der Waals surface area (Å²) in [7, 11) is 1.66. The number of rotatable bonds is 4. The lowest BCUT2D eigenvalue weighted by molar-refractivity contribution is 0.415. The summed E-state index contributed by atoms with van der Waals surface area (Å²) in [6.45, 7) is 2.08. The molecule has 2 rings (SSSR count). The zero-order chi connectivity index (χ0) is 13.7. The fourth-order valence-corrected chi connectivity index (χ4v) is 1.89. The molecule has 1 N–H and O–H groups in total. The number of nitriles is 1. The van der Waals surface area contributed by atoms with Crippen molar-refractivity contribution in [3.05, 3.63) is 59.7 Å². The van der Waals surface area contributed by atoms with Gasteiger partial charge >= 0.3 is 0 Å². The molecule has 3 heteroatoms. The van der Waals surface area contributed by atoms with Gasteiger partial charge in [-0.15, -0.1) is 0 Å². The topological polar surface area (TPSA) is 45.0 Å². The number of methoxy groups -OCH3 is 1. The van der Waals surface area contributed by atoms with E-state index in [9.17, 15) is 0 Å². The van der Waals surface area contributed by atoms with Gasteiger partial charge in [-0.2, -0.15) is 5.26 Å². The van der Waals surface area contributed by atoms with Gasteiger partial charge in [0.25, 0.3) is 0 Å². The molecule has 2 aromatic carbocycles. The fourth-order valence-electron chi connectivity index (χ4n) is 1.89. The van der Waals surface area contributed by atoms with E-state index in [4.69, 9.17) is 10.00 Å². The van der Waals surface area contributed by atoms with Crippen molar-refractivity contribution in [1.29, 1.82) is 5.26 Å². The molecule has 0 spiro atoms. The Morgan fingerprint density at radius 3 is 2.53 bits per heavy atom. The van der Waals surface area contributed by atoms with E-state index in [-0.39, 0.29) is 6.04 Å². The van der Waals surface area contributed by atoms with E-state index in [1.54, 1.807) is 7.11 Å². The first kappa shape index (κ1) is 13.0. The third-order valence-corrected chi connectivity index (χ3v) is 2.99. The van der Waals surface area contributed by atoms with Crippen LogP contribution in [0.4, 0.5) is 5.69 Å². The van der Waals surface area contributed by atoms with E-state index in [1.807, 2.05) is 48.5 Å². The molecule has 0 aliphatic heterocycles. The highest BCUT2D eigenvalue weighted by atomic mass is 16.5. The molecule has 0 aliphatic carbocycles. The smallest absolute Gasteiger partial charge is 0.120 e. The first-order valence-electron chi connectivity index (χ1n) is 6.13. The Hall–Kier alpha value is -2.47. The third-order valence-electron chi connectivity index (χ3n) is 2.99. The molecule has 2 aromatic rings. The van der Waals surface area contributed by atoms with Crippen molar-refractivity contribution in [2.24, 2.45) is 0 Å². The summed E-state index contributed by atoms with van der Waals surface area (Å²) >= 11 is 0. The molecule has 96 valence electrons. The number of ether oxygens (including phenoxy) is 1. The molecule has 0 fully saturated rings. The second-order valence-electron chi connectivity index (χ2n) is 4.33. The summed E-state index contributed by atoms with van der Waals surface area (Å²) in [4.78, 5) is 0. The zero-order valence-corrected chi connectivity index (χ0v) is 11.1. The van der Waals surface area contributed by atoms with Gasteiger partial charge in [0.1, 0.15) is 5.75 Å². The minimum absolute atomic E-state index is 0.167. The van der Waals surface area contributed by atoms with E-state index < -0.39 is 0 Å². The summed E-state index contributed by atoms with van der Waals surface area (Å²) in [5.41, 5.74) is 2.83. The van der Waals surface area contributed by atoms with Crippen LogP contribution in [0, 0.1) is 11.3 Å². The number of anilines is 1. The van der Waals surface area contributed by atoms with E-state index in [2.05, 4.69) is 18.3 Å². The van der Waals surface area contributed by atoms with Gasteiger partial charge in [0.15, 0.2) is 0 Å². The molecular formula is C16H16N2O. The van der Waals surface area contributed by atoms with Gasteiger partial charge < -0.3 is 10.1 Å². The maximum Gasteiger partial charge on any atom is 0.120 e. The van der Waals surface area contributed by atoms with Gasteiger partial charge in [0.2, 0.25) is 0 Å². The molecule has 0 aliphatic rings. The highest BCUT2D eigenvalue weighted by Gasteiger charge is 2.05. The fraction of sp³-hybridized carbons (Fsp3) is 0.188. The third kappa shape index (κ3) is 3.26.